The Bertz CT molecular complexity index is 1380. The molecule has 0 bridgehead atoms. The van der Waals surface area contributed by atoms with Gasteiger partial charge >= 0.3 is 0 Å². The summed E-state index contributed by atoms with van der Waals surface area (Å²) in [6, 6.07) is 15.6. The SMILES string of the molecule is CCOc1cccc(N2C(=O)C(=O)/C(=C(/O)c3cc(C)ccc3OC)C2c2ccc(O)c(OCC)c2)c1. The largest absolute Gasteiger partial charge is 0.507 e. The summed E-state index contributed by atoms with van der Waals surface area (Å²) in [5.41, 5.74) is 1.90. The van der Waals surface area contributed by atoms with Gasteiger partial charge < -0.3 is 24.4 Å². The molecule has 1 amide bonds. The van der Waals surface area contributed by atoms with Gasteiger partial charge in [0, 0.05) is 11.8 Å². The van der Waals surface area contributed by atoms with E-state index in [-0.39, 0.29) is 28.4 Å². The van der Waals surface area contributed by atoms with Crippen LogP contribution in [0.1, 0.15) is 36.6 Å². The third-order valence-electron chi connectivity index (χ3n) is 6.06. The Kier molecular flexibility index (Phi) is 7.38. The number of carbonyl (C=O) groups is 2. The van der Waals surface area contributed by atoms with Crippen molar-refractivity contribution in [3.8, 4) is 23.0 Å². The van der Waals surface area contributed by atoms with Crippen LogP contribution in [0, 0.1) is 6.92 Å². The van der Waals surface area contributed by atoms with Gasteiger partial charge in [-0.05, 0) is 62.7 Å². The van der Waals surface area contributed by atoms with Crippen LogP contribution in [0.3, 0.4) is 0 Å². The van der Waals surface area contributed by atoms with Crippen LogP contribution in [-0.2, 0) is 9.59 Å². The number of anilines is 1. The lowest BCUT2D eigenvalue weighted by molar-refractivity contribution is -0.132. The van der Waals surface area contributed by atoms with E-state index in [1.165, 1.54) is 18.1 Å². The minimum Gasteiger partial charge on any atom is -0.507 e. The monoisotopic (exact) mass is 503 g/mol. The van der Waals surface area contributed by atoms with Crippen LogP contribution in [0.25, 0.3) is 5.76 Å². The first-order valence-corrected chi connectivity index (χ1v) is 11.9. The summed E-state index contributed by atoms with van der Waals surface area (Å²) in [4.78, 5) is 28.3. The van der Waals surface area contributed by atoms with E-state index >= 15 is 0 Å². The number of rotatable bonds is 8. The molecule has 1 atom stereocenters. The number of benzene rings is 3. The zero-order chi connectivity index (χ0) is 26.7. The molecule has 1 unspecified atom stereocenters. The van der Waals surface area contributed by atoms with Crippen molar-refractivity contribution in [3.63, 3.8) is 0 Å². The van der Waals surface area contributed by atoms with Gasteiger partial charge in [0.15, 0.2) is 11.5 Å². The Labute approximate surface area is 215 Å². The molecule has 2 N–H and O–H groups in total. The summed E-state index contributed by atoms with van der Waals surface area (Å²) in [5, 5.41) is 21.8. The van der Waals surface area contributed by atoms with E-state index in [9.17, 15) is 19.8 Å². The number of Topliss-reactive ketones (excluding diaryl/α,β-unsaturated/α-hetero) is 1. The van der Waals surface area contributed by atoms with Gasteiger partial charge in [-0.2, -0.15) is 0 Å². The van der Waals surface area contributed by atoms with Gasteiger partial charge in [0.25, 0.3) is 11.7 Å². The number of carbonyl (C=O) groups excluding carboxylic acids is 2. The first kappa shape index (κ1) is 25.6. The number of aliphatic hydroxyl groups excluding tert-OH is 1. The van der Waals surface area contributed by atoms with Crippen molar-refractivity contribution in [1.29, 1.82) is 0 Å². The second-order valence-corrected chi connectivity index (χ2v) is 8.46. The lowest BCUT2D eigenvalue weighted by Crippen LogP contribution is -2.29. The number of nitrogens with zero attached hydrogens (tertiary/aromatic N) is 1. The highest BCUT2D eigenvalue weighted by Crippen LogP contribution is 2.45. The van der Waals surface area contributed by atoms with Crippen molar-refractivity contribution in [1.82, 2.24) is 0 Å². The van der Waals surface area contributed by atoms with Crippen molar-refractivity contribution in [3.05, 3.63) is 82.9 Å². The average molecular weight is 504 g/mol. The van der Waals surface area contributed by atoms with Crippen LogP contribution in [0.5, 0.6) is 23.0 Å². The molecule has 8 nitrogen and oxygen atoms in total. The molecule has 3 aromatic carbocycles. The van der Waals surface area contributed by atoms with Gasteiger partial charge in [-0.25, -0.2) is 0 Å². The van der Waals surface area contributed by atoms with Gasteiger partial charge in [0.05, 0.1) is 37.5 Å². The molecule has 4 rings (SSSR count). The number of phenols is 1. The minimum atomic E-state index is -1.01. The fourth-order valence-electron chi connectivity index (χ4n) is 4.43. The maximum atomic E-state index is 13.5. The van der Waals surface area contributed by atoms with E-state index in [2.05, 4.69) is 0 Å². The van der Waals surface area contributed by atoms with E-state index in [1.54, 1.807) is 55.5 Å². The summed E-state index contributed by atoms with van der Waals surface area (Å²) < 4.78 is 16.6. The topological polar surface area (TPSA) is 106 Å². The molecule has 0 aliphatic carbocycles. The number of aliphatic hydroxyl groups is 1. The number of hydrogen-bond acceptors (Lipinski definition) is 7. The van der Waals surface area contributed by atoms with Crippen molar-refractivity contribution >= 4 is 23.1 Å². The number of amides is 1. The highest BCUT2D eigenvalue weighted by Gasteiger charge is 2.47. The Hall–Kier alpha value is -4.46. The van der Waals surface area contributed by atoms with Crippen LogP contribution in [0.2, 0.25) is 0 Å². The lowest BCUT2D eigenvalue weighted by atomic mass is 9.94. The Morgan fingerprint density at radius 3 is 2.41 bits per heavy atom. The molecule has 1 aliphatic heterocycles. The highest BCUT2D eigenvalue weighted by atomic mass is 16.5. The fourth-order valence-corrected chi connectivity index (χ4v) is 4.43. The summed E-state index contributed by atoms with van der Waals surface area (Å²) in [5.74, 6) is -1.02. The van der Waals surface area contributed by atoms with E-state index in [0.29, 0.717) is 36.0 Å². The average Bonchev–Trinajstić information content (AvgIpc) is 3.15. The summed E-state index contributed by atoms with van der Waals surface area (Å²) in [6.07, 6.45) is 0. The molecule has 37 heavy (non-hydrogen) atoms. The number of ketones is 1. The summed E-state index contributed by atoms with van der Waals surface area (Å²) >= 11 is 0. The van der Waals surface area contributed by atoms with Gasteiger partial charge in [-0.15, -0.1) is 0 Å². The van der Waals surface area contributed by atoms with Gasteiger partial charge in [0.2, 0.25) is 0 Å². The quantitative estimate of drug-likeness (QED) is 0.249. The number of hydrogen-bond donors (Lipinski definition) is 2. The van der Waals surface area contributed by atoms with Crippen molar-refractivity contribution in [2.75, 3.05) is 25.2 Å². The first-order valence-electron chi connectivity index (χ1n) is 11.9. The Morgan fingerprint density at radius 1 is 0.946 bits per heavy atom. The number of ether oxygens (including phenoxy) is 3. The molecule has 1 heterocycles. The van der Waals surface area contributed by atoms with Crippen LogP contribution >= 0.6 is 0 Å². The molecule has 0 spiro atoms. The van der Waals surface area contributed by atoms with E-state index in [1.807, 2.05) is 19.9 Å². The van der Waals surface area contributed by atoms with Gasteiger partial charge in [-0.1, -0.05) is 23.8 Å². The molecule has 1 aliphatic rings. The number of phenolic OH excluding ortho intramolecular Hbond substituents is 1. The van der Waals surface area contributed by atoms with Crippen LogP contribution in [0.4, 0.5) is 5.69 Å². The molecule has 1 fully saturated rings. The van der Waals surface area contributed by atoms with Crippen molar-refractivity contribution < 1.29 is 34.0 Å². The van der Waals surface area contributed by atoms with Crippen LogP contribution in [-0.4, -0.2) is 42.2 Å². The number of aromatic hydroxyl groups is 1. The van der Waals surface area contributed by atoms with Gasteiger partial charge in [0.1, 0.15) is 17.3 Å². The minimum absolute atomic E-state index is 0.0822. The predicted octanol–water partition coefficient (Wildman–Crippen LogP) is 5.13. The van der Waals surface area contributed by atoms with Crippen LogP contribution in [0.15, 0.2) is 66.2 Å². The molecule has 0 radical (unpaired) electrons. The maximum absolute atomic E-state index is 13.5. The lowest BCUT2D eigenvalue weighted by Gasteiger charge is -2.26. The molecule has 0 aromatic heterocycles. The zero-order valence-corrected chi connectivity index (χ0v) is 21.1. The standard InChI is InChI=1S/C29H29NO7/c1-5-36-20-9-7-8-19(16-20)30-26(18-11-12-22(31)24(15-18)37-6-2)25(28(33)29(30)34)27(32)21-14-17(3)10-13-23(21)35-4/h7-16,26,31-32H,5-6H2,1-4H3/b27-25+. The first-order chi connectivity index (χ1) is 17.8. The van der Waals surface area contributed by atoms with Crippen molar-refractivity contribution in [2.45, 2.75) is 26.8 Å². The van der Waals surface area contributed by atoms with E-state index < -0.39 is 17.7 Å². The fraction of sp³-hybridized carbons (Fsp3) is 0.241. The number of aryl methyl sites for hydroxylation is 1. The smallest absolute Gasteiger partial charge is 0.300 e. The second-order valence-electron chi connectivity index (χ2n) is 8.46. The highest BCUT2D eigenvalue weighted by molar-refractivity contribution is 6.51. The summed E-state index contributed by atoms with van der Waals surface area (Å²) in [7, 11) is 1.46. The third-order valence-corrected chi connectivity index (χ3v) is 6.06. The molecule has 0 saturated carbocycles. The molecule has 192 valence electrons. The summed E-state index contributed by atoms with van der Waals surface area (Å²) in [6.45, 7) is 6.20. The van der Waals surface area contributed by atoms with Crippen molar-refractivity contribution in [2.24, 2.45) is 0 Å². The maximum Gasteiger partial charge on any atom is 0.300 e. The van der Waals surface area contributed by atoms with E-state index in [0.717, 1.165) is 5.56 Å². The normalized spacial score (nSPS) is 16.6. The number of methoxy groups -OCH3 is 1. The zero-order valence-electron chi connectivity index (χ0n) is 21.1. The van der Waals surface area contributed by atoms with E-state index in [4.69, 9.17) is 14.2 Å². The molecular weight excluding hydrogens is 474 g/mol. The Morgan fingerprint density at radius 2 is 1.70 bits per heavy atom. The predicted molar refractivity (Wildman–Crippen MR) is 139 cm³/mol. The molecule has 8 heteroatoms. The van der Waals surface area contributed by atoms with Crippen LogP contribution < -0.4 is 19.1 Å². The molecule has 3 aromatic rings. The molecule has 1 saturated heterocycles. The van der Waals surface area contributed by atoms with Gasteiger partial charge in [-0.3, -0.25) is 14.5 Å². The third kappa shape index (κ3) is 4.82. The Balaban J connectivity index is 1.99. The second kappa shape index (κ2) is 10.7. The molecular formula is C29H29NO7.